The smallest absolute Gasteiger partial charge is 0.331 e. The van der Waals surface area contributed by atoms with E-state index in [1.165, 1.54) is 6.08 Å². The fourth-order valence-electron chi connectivity index (χ4n) is 5.54. The molecule has 2 fully saturated rings. The summed E-state index contributed by atoms with van der Waals surface area (Å²) in [6.07, 6.45) is 15.3. The first kappa shape index (κ1) is 20.1. The topological polar surface area (TPSA) is 55.8 Å². The van der Waals surface area contributed by atoms with Crippen molar-refractivity contribution in [1.29, 1.82) is 0 Å². The Morgan fingerprint density at radius 2 is 1.96 bits per heavy atom. The van der Waals surface area contributed by atoms with E-state index in [1.807, 2.05) is 31.2 Å². The highest BCUT2D eigenvalue weighted by Crippen LogP contribution is 2.62. The molecule has 4 atom stereocenters. The van der Waals surface area contributed by atoms with Gasteiger partial charge >= 0.3 is 5.97 Å². The average Bonchev–Trinajstić information content (AvgIpc) is 2.96. The van der Waals surface area contributed by atoms with E-state index in [0.717, 1.165) is 24.8 Å². The van der Waals surface area contributed by atoms with Gasteiger partial charge < -0.3 is 14.6 Å². The molecule has 1 heterocycles. The van der Waals surface area contributed by atoms with Crippen molar-refractivity contribution in [3.8, 4) is 0 Å². The number of hydrogen-bond donors (Lipinski definition) is 1. The molecule has 2 aliphatic carbocycles. The molecule has 4 heteroatoms. The first-order valence-corrected chi connectivity index (χ1v) is 9.92. The van der Waals surface area contributed by atoms with Crippen LogP contribution in [0.3, 0.4) is 0 Å². The van der Waals surface area contributed by atoms with Gasteiger partial charge in [0, 0.05) is 17.4 Å². The molecule has 1 aliphatic heterocycles. The quantitative estimate of drug-likeness (QED) is 0.349. The first-order chi connectivity index (χ1) is 12.7. The highest BCUT2D eigenvalue weighted by atomic mass is 16.5. The highest BCUT2D eigenvalue weighted by Gasteiger charge is 2.65. The summed E-state index contributed by atoms with van der Waals surface area (Å²) in [6.45, 7) is 9.28. The van der Waals surface area contributed by atoms with Gasteiger partial charge in [0.05, 0.1) is 13.2 Å². The van der Waals surface area contributed by atoms with Gasteiger partial charge in [-0.25, -0.2) is 4.79 Å². The Hall–Kier alpha value is -1.65. The molecular formula is C23H32O4. The van der Waals surface area contributed by atoms with E-state index in [2.05, 4.69) is 20.8 Å². The van der Waals surface area contributed by atoms with E-state index < -0.39 is 5.60 Å². The predicted molar refractivity (Wildman–Crippen MR) is 106 cm³/mol. The zero-order valence-electron chi connectivity index (χ0n) is 16.9. The fraction of sp³-hybridized carbons (Fsp3) is 0.609. The zero-order valence-corrected chi connectivity index (χ0v) is 16.9. The summed E-state index contributed by atoms with van der Waals surface area (Å²) in [5.74, 6) is -0.305. The van der Waals surface area contributed by atoms with Crippen molar-refractivity contribution >= 4 is 5.97 Å². The molecular weight excluding hydrogens is 340 g/mol. The standard InChI is InChI=1S/C23H32O4/c1-5-6-7-8-9-11-19(24)27-18-14-17-15-26-16-23(17,25)22(4)13-10-12-21(2,3)20(18)22/h5-9,11,14,18,20,25H,10,12-13,15-16H2,1-4H3. The van der Waals surface area contributed by atoms with Crippen LogP contribution in [0, 0.1) is 16.7 Å². The van der Waals surface area contributed by atoms with E-state index in [0.29, 0.717) is 13.2 Å². The molecule has 0 aromatic heterocycles. The van der Waals surface area contributed by atoms with Gasteiger partial charge in [-0.05, 0) is 36.8 Å². The van der Waals surface area contributed by atoms with Crippen LogP contribution >= 0.6 is 0 Å². The van der Waals surface area contributed by atoms with E-state index in [-0.39, 0.29) is 28.8 Å². The lowest BCUT2D eigenvalue weighted by atomic mass is 9.46. The molecule has 0 aromatic carbocycles. The molecule has 148 valence electrons. The van der Waals surface area contributed by atoms with Crippen LogP contribution in [-0.2, 0) is 14.3 Å². The van der Waals surface area contributed by atoms with Crippen LogP contribution in [0.25, 0.3) is 0 Å². The SMILES string of the molecule is CC=CC=CC=CC(=O)OC1C=C2COCC2(O)C2(C)CCCC(C)(C)C12. The molecule has 0 spiro atoms. The molecule has 0 aromatic rings. The zero-order chi connectivity index (χ0) is 19.7. The fourth-order valence-corrected chi connectivity index (χ4v) is 5.54. The second kappa shape index (κ2) is 7.40. The van der Waals surface area contributed by atoms with Crippen molar-refractivity contribution < 1.29 is 19.4 Å². The van der Waals surface area contributed by atoms with Gasteiger partial charge in [-0.2, -0.15) is 0 Å². The maximum absolute atomic E-state index is 12.4. The number of carbonyl (C=O) groups is 1. The monoisotopic (exact) mass is 372 g/mol. The summed E-state index contributed by atoms with van der Waals surface area (Å²) in [5, 5.41) is 11.5. The van der Waals surface area contributed by atoms with Crippen LogP contribution in [0.15, 0.2) is 48.1 Å². The van der Waals surface area contributed by atoms with Gasteiger partial charge in [0.2, 0.25) is 0 Å². The lowest BCUT2D eigenvalue weighted by Crippen LogP contribution is -2.63. The Bertz CT molecular complexity index is 699. The molecule has 4 nitrogen and oxygen atoms in total. The highest BCUT2D eigenvalue weighted by molar-refractivity contribution is 5.82. The minimum absolute atomic E-state index is 0.0339. The summed E-state index contributed by atoms with van der Waals surface area (Å²) < 4.78 is 11.5. The second-order valence-corrected chi connectivity index (χ2v) is 8.95. The third-order valence-corrected chi connectivity index (χ3v) is 6.79. The van der Waals surface area contributed by atoms with Crippen LogP contribution in [0.5, 0.6) is 0 Å². The van der Waals surface area contributed by atoms with Gasteiger partial charge in [0.1, 0.15) is 11.7 Å². The number of ether oxygens (including phenoxy) is 2. The van der Waals surface area contributed by atoms with Crippen molar-refractivity contribution in [2.24, 2.45) is 16.7 Å². The molecule has 0 bridgehead atoms. The van der Waals surface area contributed by atoms with Gasteiger partial charge in [0.15, 0.2) is 0 Å². The number of allylic oxidation sites excluding steroid dienone is 5. The van der Waals surface area contributed by atoms with Crippen molar-refractivity contribution in [2.75, 3.05) is 13.2 Å². The molecule has 27 heavy (non-hydrogen) atoms. The lowest BCUT2D eigenvalue weighted by molar-refractivity contribution is -0.186. The number of fused-ring (bicyclic) bond motifs is 3. The minimum Gasteiger partial charge on any atom is -0.455 e. The number of carbonyl (C=O) groups excluding carboxylic acids is 1. The van der Waals surface area contributed by atoms with Crippen molar-refractivity contribution in [3.05, 3.63) is 48.1 Å². The lowest BCUT2D eigenvalue weighted by Gasteiger charge is -2.60. The molecule has 3 rings (SSSR count). The Morgan fingerprint density at radius 1 is 1.22 bits per heavy atom. The van der Waals surface area contributed by atoms with E-state index in [4.69, 9.17) is 9.47 Å². The Kier molecular flexibility index (Phi) is 5.51. The largest absolute Gasteiger partial charge is 0.455 e. The molecule has 3 aliphatic rings. The maximum Gasteiger partial charge on any atom is 0.331 e. The average molecular weight is 373 g/mol. The molecule has 0 amide bonds. The van der Waals surface area contributed by atoms with Crippen LogP contribution in [0.1, 0.15) is 47.0 Å². The summed E-state index contributed by atoms with van der Waals surface area (Å²) in [5.41, 5.74) is -0.485. The predicted octanol–water partition coefficient (Wildman–Crippen LogP) is 4.12. The summed E-state index contributed by atoms with van der Waals surface area (Å²) in [6, 6.07) is 0. The van der Waals surface area contributed by atoms with Gasteiger partial charge in [0.25, 0.3) is 0 Å². The number of rotatable bonds is 4. The van der Waals surface area contributed by atoms with Gasteiger partial charge in [-0.15, -0.1) is 0 Å². The number of aliphatic hydroxyl groups is 1. The van der Waals surface area contributed by atoms with Crippen molar-refractivity contribution in [2.45, 2.75) is 58.7 Å². The third-order valence-electron chi connectivity index (χ3n) is 6.79. The molecule has 1 N–H and O–H groups in total. The van der Waals surface area contributed by atoms with Crippen LogP contribution in [-0.4, -0.2) is 36.0 Å². The summed E-state index contributed by atoms with van der Waals surface area (Å²) in [4.78, 5) is 12.4. The maximum atomic E-state index is 12.4. The minimum atomic E-state index is -0.955. The normalized spacial score (nSPS) is 38.2. The molecule has 0 radical (unpaired) electrons. The van der Waals surface area contributed by atoms with E-state index in [9.17, 15) is 9.90 Å². The summed E-state index contributed by atoms with van der Waals surface area (Å²) >= 11 is 0. The van der Waals surface area contributed by atoms with Crippen molar-refractivity contribution in [3.63, 3.8) is 0 Å². The van der Waals surface area contributed by atoms with Crippen LogP contribution < -0.4 is 0 Å². The first-order valence-electron chi connectivity index (χ1n) is 9.92. The molecule has 1 saturated carbocycles. The number of esters is 1. The van der Waals surface area contributed by atoms with Gasteiger partial charge in [-0.3, -0.25) is 0 Å². The van der Waals surface area contributed by atoms with Crippen LogP contribution in [0.4, 0.5) is 0 Å². The Balaban J connectivity index is 1.88. The summed E-state index contributed by atoms with van der Waals surface area (Å²) in [7, 11) is 0. The van der Waals surface area contributed by atoms with Crippen molar-refractivity contribution in [1.82, 2.24) is 0 Å². The Labute approximate surface area is 162 Å². The number of hydrogen-bond acceptors (Lipinski definition) is 4. The Morgan fingerprint density at radius 3 is 2.70 bits per heavy atom. The third kappa shape index (κ3) is 3.45. The molecule has 4 unspecified atom stereocenters. The van der Waals surface area contributed by atoms with E-state index >= 15 is 0 Å². The van der Waals surface area contributed by atoms with Gasteiger partial charge in [-0.1, -0.05) is 57.6 Å². The van der Waals surface area contributed by atoms with Crippen LogP contribution in [0.2, 0.25) is 0 Å². The second-order valence-electron chi connectivity index (χ2n) is 8.95. The molecule has 1 saturated heterocycles. The van der Waals surface area contributed by atoms with E-state index in [1.54, 1.807) is 12.2 Å².